The van der Waals surface area contributed by atoms with Gasteiger partial charge in [0.25, 0.3) is 0 Å². The van der Waals surface area contributed by atoms with Crippen molar-refractivity contribution in [3.05, 3.63) is 28.0 Å². The molecule has 1 rings (SSSR count). The Balaban J connectivity index is 2.99. The minimum Gasteiger partial charge on any atom is -0.494 e. The van der Waals surface area contributed by atoms with Crippen LogP contribution in [-0.4, -0.2) is 18.8 Å². The monoisotopic (exact) mass is 262 g/mol. The zero-order valence-corrected chi connectivity index (χ0v) is 9.47. The Kier molecular flexibility index (Phi) is 4.35. The van der Waals surface area contributed by atoms with E-state index < -0.39 is 0 Å². The molecule has 0 aromatic heterocycles. The number of ether oxygens (including phenoxy) is 1. The number of hydrogen-bond acceptors (Lipinski definition) is 2. The van der Waals surface area contributed by atoms with Gasteiger partial charge in [-0.1, -0.05) is 15.9 Å². The summed E-state index contributed by atoms with van der Waals surface area (Å²) in [5.74, 6) is -0.114. The maximum Gasteiger partial charge on any atom is 0.169 e. The molecule has 0 aliphatic heterocycles. The minimum atomic E-state index is -0.352. The number of aliphatic hydroxyl groups excluding tert-OH is 1. The summed E-state index contributed by atoms with van der Waals surface area (Å²) >= 11 is 3.26. The summed E-state index contributed by atoms with van der Waals surface area (Å²) in [6.07, 6.45) is 1.04. The summed E-state index contributed by atoms with van der Waals surface area (Å²) < 4.78 is 19.2. The Morgan fingerprint density at radius 1 is 1.50 bits per heavy atom. The molecule has 4 heteroatoms. The lowest BCUT2D eigenvalue weighted by Crippen LogP contribution is -1.98. The molecule has 0 spiro atoms. The van der Waals surface area contributed by atoms with Crippen LogP contribution in [0.3, 0.4) is 0 Å². The lowest BCUT2D eigenvalue weighted by atomic mass is 10.1. The third kappa shape index (κ3) is 2.45. The van der Waals surface area contributed by atoms with E-state index in [0.717, 1.165) is 0 Å². The third-order valence-electron chi connectivity index (χ3n) is 1.96. The second kappa shape index (κ2) is 5.32. The van der Waals surface area contributed by atoms with Gasteiger partial charge in [-0.25, -0.2) is 4.39 Å². The average molecular weight is 263 g/mol. The smallest absolute Gasteiger partial charge is 0.169 e. The highest BCUT2D eigenvalue weighted by atomic mass is 79.9. The van der Waals surface area contributed by atoms with E-state index in [1.165, 1.54) is 7.11 Å². The van der Waals surface area contributed by atoms with Crippen molar-refractivity contribution in [2.24, 2.45) is 0 Å². The van der Waals surface area contributed by atoms with Gasteiger partial charge in [0.05, 0.1) is 7.11 Å². The lowest BCUT2D eigenvalue weighted by molar-refractivity contribution is 0.287. The van der Waals surface area contributed by atoms with Gasteiger partial charge in [0.1, 0.15) is 0 Å². The fraction of sp³-hybridized carbons (Fsp3) is 0.400. The summed E-state index contributed by atoms with van der Waals surface area (Å²) in [5.41, 5.74) is 0.554. The first-order valence-electron chi connectivity index (χ1n) is 4.32. The van der Waals surface area contributed by atoms with E-state index in [1.54, 1.807) is 12.1 Å². The van der Waals surface area contributed by atoms with Gasteiger partial charge < -0.3 is 9.84 Å². The molecule has 0 aliphatic carbocycles. The highest BCUT2D eigenvalue weighted by molar-refractivity contribution is 9.10. The van der Waals surface area contributed by atoms with Crippen LogP contribution in [0.25, 0.3) is 0 Å². The fourth-order valence-electron chi connectivity index (χ4n) is 1.22. The molecule has 1 N–H and O–H groups in total. The molecule has 0 bridgehead atoms. The van der Waals surface area contributed by atoms with Gasteiger partial charge in [0.2, 0.25) is 0 Å². The molecular weight excluding hydrogens is 251 g/mol. The van der Waals surface area contributed by atoms with Crippen LogP contribution in [0.4, 0.5) is 4.39 Å². The molecule has 2 nitrogen and oxygen atoms in total. The standard InChI is InChI=1S/C10H12BrFO2/c1-14-9-5-4-8(11)7(10(9)12)3-2-6-13/h4-5,13H,2-3,6H2,1H3. The number of benzene rings is 1. The quantitative estimate of drug-likeness (QED) is 0.904. The molecule has 0 fully saturated rings. The Labute approximate surface area is 90.8 Å². The van der Waals surface area contributed by atoms with Gasteiger partial charge in [0.15, 0.2) is 11.6 Å². The lowest BCUT2D eigenvalue weighted by Gasteiger charge is -2.08. The molecule has 0 radical (unpaired) electrons. The number of halogens is 2. The van der Waals surface area contributed by atoms with E-state index in [-0.39, 0.29) is 18.2 Å². The van der Waals surface area contributed by atoms with Crippen molar-refractivity contribution >= 4 is 15.9 Å². The fourth-order valence-corrected chi connectivity index (χ4v) is 1.72. The van der Waals surface area contributed by atoms with Crippen LogP contribution in [0.2, 0.25) is 0 Å². The van der Waals surface area contributed by atoms with Gasteiger partial charge in [-0.3, -0.25) is 0 Å². The molecular formula is C10H12BrFO2. The van der Waals surface area contributed by atoms with Crippen molar-refractivity contribution in [2.45, 2.75) is 12.8 Å². The highest BCUT2D eigenvalue weighted by Gasteiger charge is 2.11. The van der Waals surface area contributed by atoms with Crippen molar-refractivity contribution < 1.29 is 14.2 Å². The number of methoxy groups -OCH3 is 1. The van der Waals surface area contributed by atoms with E-state index >= 15 is 0 Å². The van der Waals surface area contributed by atoms with Crippen molar-refractivity contribution in [3.63, 3.8) is 0 Å². The predicted molar refractivity (Wildman–Crippen MR) is 56.1 cm³/mol. The van der Waals surface area contributed by atoms with E-state index in [2.05, 4.69) is 15.9 Å². The summed E-state index contributed by atoms with van der Waals surface area (Å²) in [5, 5.41) is 8.67. The van der Waals surface area contributed by atoms with Crippen molar-refractivity contribution in [2.75, 3.05) is 13.7 Å². The SMILES string of the molecule is COc1ccc(Br)c(CCCO)c1F. The highest BCUT2D eigenvalue weighted by Crippen LogP contribution is 2.28. The molecule has 14 heavy (non-hydrogen) atoms. The van der Waals surface area contributed by atoms with Crippen molar-refractivity contribution in [1.82, 2.24) is 0 Å². The predicted octanol–water partition coefficient (Wildman–Crippen LogP) is 2.52. The molecule has 0 saturated heterocycles. The molecule has 0 atom stereocenters. The van der Waals surface area contributed by atoms with Gasteiger partial charge in [0, 0.05) is 16.6 Å². The zero-order chi connectivity index (χ0) is 10.6. The normalized spacial score (nSPS) is 10.3. The van der Waals surface area contributed by atoms with Crippen LogP contribution in [0, 0.1) is 5.82 Å². The van der Waals surface area contributed by atoms with Crippen LogP contribution in [-0.2, 0) is 6.42 Å². The number of aliphatic hydroxyl groups is 1. The van der Waals surface area contributed by atoms with Gasteiger partial charge in [-0.05, 0) is 25.0 Å². The van der Waals surface area contributed by atoms with Gasteiger partial charge in [-0.15, -0.1) is 0 Å². The molecule has 1 aromatic rings. The summed E-state index contributed by atoms with van der Waals surface area (Å²) in [7, 11) is 1.43. The molecule has 0 heterocycles. The minimum absolute atomic E-state index is 0.0586. The first-order chi connectivity index (χ1) is 6.70. The Morgan fingerprint density at radius 3 is 2.79 bits per heavy atom. The van der Waals surface area contributed by atoms with E-state index in [4.69, 9.17) is 9.84 Å². The first kappa shape index (κ1) is 11.5. The summed E-state index contributed by atoms with van der Waals surface area (Å²) in [6, 6.07) is 3.32. The molecule has 0 unspecified atom stereocenters. The van der Waals surface area contributed by atoms with Crippen LogP contribution >= 0.6 is 15.9 Å². The third-order valence-corrected chi connectivity index (χ3v) is 2.70. The molecule has 78 valence electrons. The van der Waals surface area contributed by atoms with Gasteiger partial charge >= 0.3 is 0 Å². The maximum absolute atomic E-state index is 13.6. The van der Waals surface area contributed by atoms with Crippen LogP contribution in [0.1, 0.15) is 12.0 Å². The second-order valence-corrected chi connectivity index (χ2v) is 3.72. The zero-order valence-electron chi connectivity index (χ0n) is 7.89. The molecule has 0 saturated carbocycles. The topological polar surface area (TPSA) is 29.5 Å². The van der Waals surface area contributed by atoms with E-state index in [9.17, 15) is 4.39 Å². The first-order valence-corrected chi connectivity index (χ1v) is 5.11. The summed E-state index contributed by atoms with van der Waals surface area (Å²) in [6.45, 7) is 0.0586. The summed E-state index contributed by atoms with van der Waals surface area (Å²) in [4.78, 5) is 0. The number of hydrogen-bond donors (Lipinski definition) is 1. The van der Waals surface area contributed by atoms with Crippen LogP contribution < -0.4 is 4.74 Å². The van der Waals surface area contributed by atoms with E-state index in [1.807, 2.05) is 0 Å². The Hall–Kier alpha value is -0.610. The molecule has 1 aromatic carbocycles. The Bertz CT molecular complexity index is 315. The van der Waals surface area contributed by atoms with Crippen molar-refractivity contribution in [1.29, 1.82) is 0 Å². The van der Waals surface area contributed by atoms with Crippen LogP contribution in [0.15, 0.2) is 16.6 Å². The number of rotatable bonds is 4. The Morgan fingerprint density at radius 2 is 2.21 bits per heavy atom. The maximum atomic E-state index is 13.6. The largest absolute Gasteiger partial charge is 0.494 e. The van der Waals surface area contributed by atoms with E-state index in [0.29, 0.717) is 22.9 Å². The van der Waals surface area contributed by atoms with Crippen LogP contribution in [0.5, 0.6) is 5.75 Å². The molecule has 0 amide bonds. The van der Waals surface area contributed by atoms with Gasteiger partial charge in [-0.2, -0.15) is 0 Å². The second-order valence-electron chi connectivity index (χ2n) is 2.87. The average Bonchev–Trinajstić information content (AvgIpc) is 2.18. The molecule has 0 aliphatic rings. The van der Waals surface area contributed by atoms with Crippen molar-refractivity contribution in [3.8, 4) is 5.75 Å².